The highest BCUT2D eigenvalue weighted by Crippen LogP contribution is 2.01. The number of nitrogens with zero attached hydrogens (tertiary/aromatic N) is 2. The van der Waals surface area contributed by atoms with Crippen LogP contribution in [0.4, 0.5) is 0 Å². The zero-order valence-corrected chi connectivity index (χ0v) is 6.83. The fraction of sp³-hybridized carbons (Fsp3) is 0.333. The first-order valence-corrected chi connectivity index (χ1v) is 3.92. The molecule has 12 heavy (non-hydrogen) atoms. The molecule has 0 aliphatic carbocycles. The summed E-state index contributed by atoms with van der Waals surface area (Å²) < 4.78 is 0. The van der Waals surface area contributed by atoms with E-state index in [0.29, 0.717) is 12.2 Å². The van der Waals surface area contributed by atoms with Gasteiger partial charge in [-0.3, -0.25) is 0 Å². The van der Waals surface area contributed by atoms with Crippen molar-refractivity contribution in [3.8, 4) is 6.07 Å². The first-order valence-electron chi connectivity index (χ1n) is 3.92. The molecule has 3 heteroatoms. The van der Waals surface area contributed by atoms with Gasteiger partial charge in [0.1, 0.15) is 11.8 Å². The number of aryl methyl sites for hydroxylation is 1. The molecule has 0 aliphatic rings. The number of aromatic nitrogens is 1. The summed E-state index contributed by atoms with van der Waals surface area (Å²) >= 11 is 0. The molecule has 1 aromatic rings. The molecule has 0 radical (unpaired) electrons. The van der Waals surface area contributed by atoms with E-state index in [1.165, 1.54) is 0 Å². The molecule has 3 nitrogen and oxygen atoms in total. The van der Waals surface area contributed by atoms with E-state index >= 15 is 0 Å². The molecule has 2 N–H and O–H groups in total. The predicted octanol–water partition coefficient (Wildman–Crippen LogP) is 0.845. The first kappa shape index (κ1) is 8.69. The van der Waals surface area contributed by atoms with E-state index in [9.17, 15) is 0 Å². The number of hydrogen-bond donors (Lipinski definition) is 1. The fourth-order valence-corrected chi connectivity index (χ4v) is 0.945. The van der Waals surface area contributed by atoms with E-state index < -0.39 is 0 Å². The van der Waals surface area contributed by atoms with Crippen molar-refractivity contribution in [1.82, 2.24) is 4.98 Å². The lowest BCUT2D eigenvalue weighted by atomic mass is 10.1. The number of rotatable bonds is 3. The van der Waals surface area contributed by atoms with Crippen molar-refractivity contribution in [3.05, 3.63) is 29.6 Å². The molecule has 0 spiro atoms. The largest absolute Gasteiger partial charge is 0.330 e. The quantitative estimate of drug-likeness (QED) is 0.714. The van der Waals surface area contributed by atoms with Gasteiger partial charge in [-0.2, -0.15) is 5.26 Å². The zero-order valence-electron chi connectivity index (χ0n) is 6.83. The second-order valence-corrected chi connectivity index (χ2v) is 2.56. The first-order chi connectivity index (χ1) is 5.86. The molecule has 1 heterocycles. The third-order valence-electron chi connectivity index (χ3n) is 1.61. The molecular formula is C9H11N3. The lowest BCUT2D eigenvalue weighted by molar-refractivity contribution is 0.828. The van der Waals surface area contributed by atoms with Crippen molar-refractivity contribution in [3.63, 3.8) is 0 Å². The molecule has 0 atom stereocenters. The molecule has 0 unspecified atom stereocenters. The summed E-state index contributed by atoms with van der Waals surface area (Å²) in [6.07, 6.45) is 3.64. The number of hydrogen-bond acceptors (Lipinski definition) is 3. The van der Waals surface area contributed by atoms with Crippen molar-refractivity contribution < 1.29 is 0 Å². The van der Waals surface area contributed by atoms with Crippen LogP contribution in [-0.4, -0.2) is 11.5 Å². The van der Waals surface area contributed by atoms with Crippen LogP contribution in [0.25, 0.3) is 0 Å². The summed E-state index contributed by atoms with van der Waals surface area (Å²) in [6, 6.07) is 5.62. The van der Waals surface area contributed by atoms with Gasteiger partial charge in [-0.05, 0) is 31.0 Å². The third kappa shape index (κ3) is 2.33. The van der Waals surface area contributed by atoms with E-state index in [2.05, 4.69) is 4.98 Å². The average molecular weight is 161 g/mol. The second kappa shape index (κ2) is 4.47. The Labute approximate surface area is 71.8 Å². The van der Waals surface area contributed by atoms with Gasteiger partial charge < -0.3 is 5.73 Å². The molecule has 0 fully saturated rings. The van der Waals surface area contributed by atoms with Gasteiger partial charge in [0.2, 0.25) is 0 Å². The summed E-state index contributed by atoms with van der Waals surface area (Å²) in [4.78, 5) is 3.95. The summed E-state index contributed by atoms with van der Waals surface area (Å²) in [6.45, 7) is 0.694. The van der Waals surface area contributed by atoms with Crippen LogP contribution in [0.3, 0.4) is 0 Å². The summed E-state index contributed by atoms with van der Waals surface area (Å²) in [5.41, 5.74) is 6.96. The van der Waals surface area contributed by atoms with Crippen molar-refractivity contribution >= 4 is 0 Å². The number of pyridine rings is 1. The van der Waals surface area contributed by atoms with Crippen molar-refractivity contribution in [1.29, 1.82) is 5.26 Å². The summed E-state index contributed by atoms with van der Waals surface area (Å²) in [5, 5.41) is 8.47. The van der Waals surface area contributed by atoms with Crippen LogP contribution in [0.2, 0.25) is 0 Å². The van der Waals surface area contributed by atoms with E-state index in [4.69, 9.17) is 11.0 Å². The maximum absolute atomic E-state index is 8.47. The van der Waals surface area contributed by atoms with Gasteiger partial charge in [-0.15, -0.1) is 0 Å². The van der Waals surface area contributed by atoms with Crippen LogP contribution in [0, 0.1) is 11.3 Å². The minimum absolute atomic E-state index is 0.464. The highest BCUT2D eigenvalue weighted by atomic mass is 14.7. The Morgan fingerprint density at radius 3 is 2.83 bits per heavy atom. The van der Waals surface area contributed by atoms with Gasteiger partial charge in [0.15, 0.2) is 0 Å². The molecule has 0 saturated carbocycles. The van der Waals surface area contributed by atoms with Crippen LogP contribution in [0.15, 0.2) is 18.3 Å². The van der Waals surface area contributed by atoms with Crippen molar-refractivity contribution in [2.24, 2.45) is 5.73 Å². The Hall–Kier alpha value is -1.40. The highest BCUT2D eigenvalue weighted by Gasteiger charge is 1.93. The Kier molecular flexibility index (Phi) is 3.24. The lowest BCUT2D eigenvalue weighted by Crippen LogP contribution is -2.00. The van der Waals surface area contributed by atoms with Crippen LogP contribution in [-0.2, 0) is 6.42 Å². The van der Waals surface area contributed by atoms with Crippen LogP contribution >= 0.6 is 0 Å². The van der Waals surface area contributed by atoms with E-state index in [1.54, 1.807) is 12.3 Å². The predicted molar refractivity (Wildman–Crippen MR) is 46.3 cm³/mol. The Bertz CT molecular complexity index is 271. The smallest absolute Gasteiger partial charge is 0.140 e. The molecule has 1 aromatic heterocycles. The Morgan fingerprint density at radius 2 is 2.33 bits per heavy atom. The van der Waals surface area contributed by atoms with Gasteiger partial charge in [0.05, 0.1) is 0 Å². The molecule has 62 valence electrons. The number of nitrogens with two attached hydrogens (primary N) is 1. The normalized spacial score (nSPS) is 9.33. The van der Waals surface area contributed by atoms with Gasteiger partial charge >= 0.3 is 0 Å². The zero-order chi connectivity index (χ0) is 8.81. The van der Waals surface area contributed by atoms with Gasteiger partial charge in [-0.25, -0.2) is 4.98 Å². The van der Waals surface area contributed by atoms with Crippen molar-refractivity contribution in [2.75, 3.05) is 6.54 Å². The van der Waals surface area contributed by atoms with Crippen LogP contribution in [0.5, 0.6) is 0 Å². The monoisotopic (exact) mass is 161 g/mol. The average Bonchev–Trinajstić information content (AvgIpc) is 2.15. The molecule has 0 bridgehead atoms. The van der Waals surface area contributed by atoms with Crippen LogP contribution in [0.1, 0.15) is 17.7 Å². The highest BCUT2D eigenvalue weighted by molar-refractivity contribution is 5.23. The summed E-state index contributed by atoms with van der Waals surface area (Å²) in [7, 11) is 0. The standard InChI is InChI=1S/C9H11N3/c10-5-1-2-8-3-4-9(6-11)12-7-8/h3-4,7H,1-2,5,10H2. The SMILES string of the molecule is N#Cc1ccc(CCCN)cn1. The van der Waals surface area contributed by atoms with E-state index in [-0.39, 0.29) is 0 Å². The molecule has 0 saturated heterocycles. The fourth-order valence-electron chi connectivity index (χ4n) is 0.945. The molecule has 0 amide bonds. The van der Waals surface area contributed by atoms with Gasteiger partial charge in [-0.1, -0.05) is 6.07 Å². The van der Waals surface area contributed by atoms with Gasteiger partial charge in [0, 0.05) is 6.20 Å². The summed E-state index contributed by atoms with van der Waals surface area (Å²) in [5.74, 6) is 0. The second-order valence-electron chi connectivity index (χ2n) is 2.56. The number of nitriles is 1. The molecule has 0 aliphatic heterocycles. The van der Waals surface area contributed by atoms with Crippen molar-refractivity contribution in [2.45, 2.75) is 12.8 Å². The van der Waals surface area contributed by atoms with Gasteiger partial charge in [0.25, 0.3) is 0 Å². The van der Waals surface area contributed by atoms with E-state index in [0.717, 1.165) is 18.4 Å². The lowest BCUT2D eigenvalue weighted by Gasteiger charge is -1.97. The maximum Gasteiger partial charge on any atom is 0.140 e. The third-order valence-corrected chi connectivity index (χ3v) is 1.61. The molecule has 0 aromatic carbocycles. The Balaban J connectivity index is 2.60. The van der Waals surface area contributed by atoms with E-state index in [1.807, 2.05) is 12.1 Å². The minimum atomic E-state index is 0.464. The molecular weight excluding hydrogens is 150 g/mol. The topological polar surface area (TPSA) is 62.7 Å². The maximum atomic E-state index is 8.47. The van der Waals surface area contributed by atoms with Crippen LogP contribution < -0.4 is 5.73 Å². The Morgan fingerprint density at radius 1 is 1.50 bits per heavy atom. The molecule has 1 rings (SSSR count). The minimum Gasteiger partial charge on any atom is -0.330 e.